The van der Waals surface area contributed by atoms with Crippen LogP contribution in [0.2, 0.25) is 0 Å². The maximum Gasteiger partial charge on any atom is 0.251 e. The van der Waals surface area contributed by atoms with E-state index in [1.54, 1.807) is 10.8 Å². The molecule has 0 aliphatic heterocycles. The number of aromatic amines is 1. The van der Waals surface area contributed by atoms with E-state index in [4.69, 9.17) is 12.2 Å². The van der Waals surface area contributed by atoms with Crippen LogP contribution in [0.5, 0.6) is 0 Å². The number of hydrogen-bond acceptors (Lipinski definition) is 2. The summed E-state index contributed by atoms with van der Waals surface area (Å²) in [5, 5.41) is 0. The number of nitrogens with zero attached hydrogens (tertiary/aromatic N) is 1. The Labute approximate surface area is 92.0 Å². The van der Waals surface area contributed by atoms with Gasteiger partial charge in [-0.2, -0.15) is 0 Å². The van der Waals surface area contributed by atoms with Crippen LogP contribution in [0.1, 0.15) is 5.56 Å². The van der Waals surface area contributed by atoms with Crippen LogP contribution in [0.3, 0.4) is 0 Å². The first-order valence-corrected chi connectivity index (χ1v) is 4.97. The lowest BCUT2D eigenvalue weighted by Gasteiger charge is -2.05. The molecule has 0 aliphatic rings. The van der Waals surface area contributed by atoms with Crippen LogP contribution >= 0.6 is 12.2 Å². The summed E-state index contributed by atoms with van der Waals surface area (Å²) in [5.41, 5.74) is 1.96. The van der Waals surface area contributed by atoms with E-state index in [0.29, 0.717) is 4.77 Å². The average Bonchev–Trinajstić information content (AvgIpc) is 2.20. The van der Waals surface area contributed by atoms with Crippen molar-refractivity contribution in [3.63, 3.8) is 0 Å². The Hall–Kier alpha value is -1.68. The van der Waals surface area contributed by atoms with Crippen molar-refractivity contribution in [2.75, 3.05) is 0 Å². The van der Waals surface area contributed by atoms with Gasteiger partial charge in [0, 0.05) is 18.0 Å². The van der Waals surface area contributed by atoms with E-state index in [2.05, 4.69) is 4.98 Å². The first-order valence-electron chi connectivity index (χ1n) is 4.56. The molecule has 1 heterocycles. The third kappa shape index (κ3) is 2.05. The highest BCUT2D eigenvalue weighted by atomic mass is 32.1. The number of benzene rings is 1. The fourth-order valence-electron chi connectivity index (χ4n) is 1.33. The maximum atomic E-state index is 11.0. The zero-order chi connectivity index (χ0) is 10.8. The summed E-state index contributed by atoms with van der Waals surface area (Å²) in [7, 11) is 0. The molecule has 0 saturated heterocycles. The number of rotatable bonds is 1. The molecular formula is C11H10N2OS. The molecule has 1 aromatic heterocycles. The molecule has 0 saturated carbocycles. The van der Waals surface area contributed by atoms with Crippen LogP contribution < -0.4 is 5.56 Å². The monoisotopic (exact) mass is 218 g/mol. The molecule has 0 atom stereocenters. The van der Waals surface area contributed by atoms with E-state index in [-0.39, 0.29) is 5.56 Å². The SMILES string of the molecule is Cc1ccc(-n2ccc(=O)[nH]c2=S)cc1. The van der Waals surface area contributed by atoms with Gasteiger partial charge in [-0.3, -0.25) is 14.3 Å². The zero-order valence-corrected chi connectivity index (χ0v) is 9.04. The Morgan fingerprint density at radius 1 is 1.20 bits per heavy atom. The van der Waals surface area contributed by atoms with Gasteiger partial charge in [0.2, 0.25) is 0 Å². The highest BCUT2D eigenvalue weighted by Crippen LogP contribution is 2.08. The molecule has 0 unspecified atom stereocenters. The minimum Gasteiger partial charge on any atom is -0.299 e. The molecule has 1 aromatic carbocycles. The Balaban J connectivity index is 2.59. The van der Waals surface area contributed by atoms with Gasteiger partial charge >= 0.3 is 0 Å². The summed E-state index contributed by atoms with van der Waals surface area (Å²) in [5.74, 6) is 0. The first kappa shape index (κ1) is 9.86. The van der Waals surface area contributed by atoms with Crippen molar-refractivity contribution in [3.05, 3.63) is 57.2 Å². The van der Waals surface area contributed by atoms with Crippen molar-refractivity contribution in [2.24, 2.45) is 0 Å². The van der Waals surface area contributed by atoms with Crippen molar-refractivity contribution in [1.29, 1.82) is 0 Å². The van der Waals surface area contributed by atoms with Gasteiger partial charge in [-0.05, 0) is 31.3 Å². The first-order chi connectivity index (χ1) is 7.16. The van der Waals surface area contributed by atoms with E-state index < -0.39 is 0 Å². The lowest BCUT2D eigenvalue weighted by atomic mass is 10.2. The van der Waals surface area contributed by atoms with Gasteiger partial charge < -0.3 is 0 Å². The van der Waals surface area contributed by atoms with Gasteiger partial charge in [0.1, 0.15) is 0 Å². The van der Waals surface area contributed by atoms with Crippen molar-refractivity contribution in [1.82, 2.24) is 9.55 Å². The normalized spacial score (nSPS) is 10.2. The molecule has 3 nitrogen and oxygen atoms in total. The maximum absolute atomic E-state index is 11.0. The van der Waals surface area contributed by atoms with Crippen LogP contribution in [0.4, 0.5) is 0 Å². The van der Waals surface area contributed by atoms with E-state index in [9.17, 15) is 4.79 Å². The highest BCUT2D eigenvalue weighted by molar-refractivity contribution is 7.71. The van der Waals surface area contributed by atoms with Gasteiger partial charge in [-0.25, -0.2) is 0 Å². The summed E-state index contributed by atoms with van der Waals surface area (Å²) in [4.78, 5) is 13.6. The van der Waals surface area contributed by atoms with E-state index in [1.807, 2.05) is 31.2 Å². The molecule has 0 radical (unpaired) electrons. The Morgan fingerprint density at radius 2 is 1.87 bits per heavy atom. The van der Waals surface area contributed by atoms with Crippen LogP contribution in [0.15, 0.2) is 41.3 Å². The minimum absolute atomic E-state index is 0.177. The standard InChI is InChI=1S/C11H10N2OS/c1-8-2-4-9(5-3-8)13-7-6-10(14)12-11(13)15/h2-7H,1H3,(H,12,14,15). The van der Waals surface area contributed by atoms with Gasteiger partial charge in [0.15, 0.2) is 4.77 Å². The minimum atomic E-state index is -0.177. The highest BCUT2D eigenvalue weighted by Gasteiger charge is 1.96. The fraction of sp³-hybridized carbons (Fsp3) is 0.0909. The third-order valence-corrected chi connectivity index (χ3v) is 2.43. The van der Waals surface area contributed by atoms with Gasteiger partial charge in [0.25, 0.3) is 5.56 Å². The summed E-state index contributed by atoms with van der Waals surface area (Å²) in [6.45, 7) is 2.02. The molecule has 2 aromatic rings. The van der Waals surface area contributed by atoms with Crippen LogP contribution in [0.25, 0.3) is 5.69 Å². The molecule has 15 heavy (non-hydrogen) atoms. The molecule has 1 N–H and O–H groups in total. The van der Waals surface area contributed by atoms with Crippen LogP contribution in [0, 0.1) is 11.7 Å². The predicted octanol–water partition coefficient (Wildman–Crippen LogP) is 2.20. The predicted molar refractivity (Wildman–Crippen MR) is 62.0 cm³/mol. The summed E-state index contributed by atoms with van der Waals surface area (Å²) < 4.78 is 2.17. The van der Waals surface area contributed by atoms with E-state index in [0.717, 1.165) is 5.69 Å². The quantitative estimate of drug-likeness (QED) is 0.745. The van der Waals surface area contributed by atoms with Gasteiger partial charge in [0.05, 0.1) is 0 Å². The molecule has 0 spiro atoms. The second-order valence-corrected chi connectivity index (χ2v) is 3.70. The molecule has 76 valence electrons. The molecular weight excluding hydrogens is 208 g/mol. The number of nitrogens with one attached hydrogen (secondary N) is 1. The molecule has 0 bridgehead atoms. The molecule has 2 rings (SSSR count). The van der Waals surface area contributed by atoms with Gasteiger partial charge in [-0.1, -0.05) is 17.7 Å². The number of aryl methyl sites for hydroxylation is 1. The largest absolute Gasteiger partial charge is 0.299 e. The second-order valence-electron chi connectivity index (χ2n) is 3.32. The van der Waals surface area contributed by atoms with Crippen LogP contribution in [-0.4, -0.2) is 9.55 Å². The fourth-order valence-corrected chi connectivity index (χ4v) is 1.59. The Bertz CT molecular complexity index is 581. The zero-order valence-electron chi connectivity index (χ0n) is 8.23. The summed E-state index contributed by atoms with van der Waals surface area (Å²) in [6, 6.07) is 9.38. The topological polar surface area (TPSA) is 37.8 Å². The molecule has 4 heteroatoms. The van der Waals surface area contributed by atoms with Gasteiger partial charge in [-0.15, -0.1) is 0 Å². The van der Waals surface area contributed by atoms with E-state index >= 15 is 0 Å². The Morgan fingerprint density at radius 3 is 2.47 bits per heavy atom. The lowest BCUT2D eigenvalue weighted by Crippen LogP contribution is -2.09. The molecule has 0 amide bonds. The smallest absolute Gasteiger partial charge is 0.251 e. The number of aromatic nitrogens is 2. The lowest BCUT2D eigenvalue weighted by molar-refractivity contribution is 0.937. The van der Waals surface area contributed by atoms with Crippen molar-refractivity contribution in [2.45, 2.75) is 6.92 Å². The Kier molecular flexibility index (Phi) is 2.51. The second kappa shape index (κ2) is 3.82. The van der Waals surface area contributed by atoms with Crippen LogP contribution in [-0.2, 0) is 0 Å². The van der Waals surface area contributed by atoms with Crippen molar-refractivity contribution >= 4 is 12.2 Å². The average molecular weight is 218 g/mol. The third-order valence-electron chi connectivity index (χ3n) is 2.14. The van der Waals surface area contributed by atoms with E-state index in [1.165, 1.54) is 11.6 Å². The number of hydrogen-bond donors (Lipinski definition) is 1. The molecule has 0 fully saturated rings. The molecule has 0 aliphatic carbocycles. The van der Waals surface area contributed by atoms with Crippen molar-refractivity contribution in [3.8, 4) is 5.69 Å². The summed E-state index contributed by atoms with van der Waals surface area (Å²) >= 11 is 5.06. The number of H-pyrrole nitrogens is 1. The summed E-state index contributed by atoms with van der Waals surface area (Å²) in [6.07, 6.45) is 1.67. The van der Waals surface area contributed by atoms with Crippen molar-refractivity contribution < 1.29 is 0 Å².